The number of hydrogen-bond acceptors (Lipinski definition) is 3. The lowest BCUT2D eigenvalue weighted by Gasteiger charge is -2.04. The molecule has 0 saturated heterocycles. The van der Waals surface area contributed by atoms with Crippen LogP contribution in [0.2, 0.25) is 0 Å². The number of nitrogens with one attached hydrogen (secondary N) is 1. The van der Waals surface area contributed by atoms with Crippen molar-refractivity contribution in [2.75, 3.05) is 5.32 Å². The van der Waals surface area contributed by atoms with Crippen molar-refractivity contribution in [1.82, 2.24) is 0 Å². The lowest BCUT2D eigenvalue weighted by molar-refractivity contribution is -0.110. The van der Waals surface area contributed by atoms with Gasteiger partial charge in [-0.15, -0.1) is 0 Å². The molecule has 2 N–H and O–H groups in total. The molecule has 1 aromatic rings. The van der Waals surface area contributed by atoms with Crippen molar-refractivity contribution in [2.45, 2.75) is 18.7 Å². The molecular weight excluding hydrogens is 242 g/mol. The fraction of sp³-hybridized carbons (Fsp3) is 0.182. The first-order valence-electron chi connectivity index (χ1n) is 4.92. The van der Waals surface area contributed by atoms with Crippen LogP contribution in [0, 0.1) is 0 Å². The van der Waals surface area contributed by atoms with Crippen LogP contribution in [-0.2, 0) is 14.9 Å². The molecule has 0 spiro atoms. The van der Waals surface area contributed by atoms with Crippen LogP contribution in [0.25, 0.3) is 5.57 Å². The summed E-state index contributed by atoms with van der Waals surface area (Å²) in [6.07, 6.45) is 0. The maximum absolute atomic E-state index is 11.7. The number of rotatable bonds is 1. The molecule has 1 amide bonds. The zero-order valence-electron chi connectivity index (χ0n) is 9.31. The number of benzene rings is 1. The average molecular weight is 253 g/mol. The average Bonchev–Trinajstić information content (AvgIpc) is 2.51. The molecular formula is C11H11NO4S. The molecule has 0 radical (unpaired) electrons. The minimum Gasteiger partial charge on any atom is -0.320 e. The summed E-state index contributed by atoms with van der Waals surface area (Å²) in [4.78, 5) is 11.4. The molecule has 1 heterocycles. The summed E-state index contributed by atoms with van der Waals surface area (Å²) in [5.74, 6) is -0.351. The first-order valence-corrected chi connectivity index (χ1v) is 6.36. The molecule has 0 unspecified atom stereocenters. The van der Waals surface area contributed by atoms with Gasteiger partial charge in [0.1, 0.15) is 4.90 Å². The van der Waals surface area contributed by atoms with E-state index in [0.29, 0.717) is 11.1 Å². The van der Waals surface area contributed by atoms with Crippen molar-refractivity contribution >= 4 is 27.3 Å². The molecule has 0 aliphatic carbocycles. The van der Waals surface area contributed by atoms with E-state index < -0.39 is 10.1 Å². The second-order valence-corrected chi connectivity index (χ2v) is 5.37. The molecule has 1 aliphatic heterocycles. The lowest BCUT2D eigenvalue weighted by Crippen LogP contribution is -2.07. The van der Waals surface area contributed by atoms with Crippen LogP contribution in [0.1, 0.15) is 19.4 Å². The smallest absolute Gasteiger partial charge is 0.296 e. The van der Waals surface area contributed by atoms with Gasteiger partial charge in [0.05, 0.1) is 5.69 Å². The molecule has 6 heteroatoms. The Hall–Kier alpha value is -1.66. The highest BCUT2D eigenvalue weighted by Gasteiger charge is 2.30. The normalized spacial score (nSPS) is 14.5. The Morgan fingerprint density at radius 2 is 1.94 bits per heavy atom. The highest BCUT2D eigenvalue weighted by atomic mass is 32.2. The molecule has 17 heavy (non-hydrogen) atoms. The monoisotopic (exact) mass is 253 g/mol. The molecule has 0 bridgehead atoms. The van der Waals surface area contributed by atoms with E-state index in [1.54, 1.807) is 19.9 Å². The van der Waals surface area contributed by atoms with Gasteiger partial charge in [-0.1, -0.05) is 17.7 Å². The van der Waals surface area contributed by atoms with Crippen molar-refractivity contribution in [2.24, 2.45) is 0 Å². The standard InChI is InChI=1S/C11H11NO4S/c1-6(2)9-7-4-3-5-8(17(14,15)16)10(7)12-11(9)13/h3-5H,1-2H3,(H,12,13)(H,14,15,16). The maximum atomic E-state index is 11.7. The van der Waals surface area contributed by atoms with Crippen LogP contribution >= 0.6 is 0 Å². The third-order valence-corrected chi connectivity index (χ3v) is 3.44. The van der Waals surface area contributed by atoms with E-state index in [4.69, 9.17) is 4.55 Å². The van der Waals surface area contributed by atoms with E-state index in [2.05, 4.69) is 5.32 Å². The van der Waals surface area contributed by atoms with E-state index >= 15 is 0 Å². The van der Waals surface area contributed by atoms with Gasteiger partial charge in [0.25, 0.3) is 16.0 Å². The van der Waals surface area contributed by atoms with Crippen LogP contribution in [0.4, 0.5) is 5.69 Å². The molecule has 1 aliphatic rings. The van der Waals surface area contributed by atoms with Gasteiger partial charge in [0.2, 0.25) is 0 Å². The van der Waals surface area contributed by atoms with Crippen molar-refractivity contribution in [3.8, 4) is 0 Å². The van der Waals surface area contributed by atoms with E-state index in [9.17, 15) is 13.2 Å². The highest BCUT2D eigenvalue weighted by Crippen LogP contribution is 2.37. The van der Waals surface area contributed by atoms with Gasteiger partial charge < -0.3 is 5.32 Å². The summed E-state index contributed by atoms with van der Waals surface area (Å²) in [5, 5.41) is 2.47. The van der Waals surface area contributed by atoms with E-state index in [1.165, 1.54) is 12.1 Å². The number of carbonyl (C=O) groups excluding carboxylic acids is 1. The fourth-order valence-corrected chi connectivity index (χ4v) is 2.55. The van der Waals surface area contributed by atoms with Gasteiger partial charge in [-0.3, -0.25) is 9.35 Å². The van der Waals surface area contributed by atoms with E-state index in [0.717, 1.165) is 5.57 Å². The molecule has 0 atom stereocenters. The summed E-state index contributed by atoms with van der Waals surface area (Å²) < 4.78 is 31.4. The molecule has 1 aromatic carbocycles. The summed E-state index contributed by atoms with van der Waals surface area (Å²) >= 11 is 0. The Morgan fingerprint density at radius 1 is 1.29 bits per heavy atom. The third kappa shape index (κ3) is 1.85. The summed E-state index contributed by atoms with van der Waals surface area (Å²) in [7, 11) is -4.34. The zero-order chi connectivity index (χ0) is 12.8. The maximum Gasteiger partial charge on any atom is 0.296 e. The van der Waals surface area contributed by atoms with Crippen molar-refractivity contribution in [3.05, 3.63) is 29.3 Å². The molecule has 5 nitrogen and oxygen atoms in total. The van der Waals surface area contributed by atoms with Gasteiger partial charge in [-0.05, 0) is 19.9 Å². The van der Waals surface area contributed by atoms with Crippen LogP contribution in [0.15, 0.2) is 28.7 Å². The first kappa shape index (κ1) is 11.8. The van der Waals surface area contributed by atoms with Gasteiger partial charge in [-0.2, -0.15) is 8.42 Å². The highest BCUT2D eigenvalue weighted by molar-refractivity contribution is 7.86. The number of para-hydroxylation sites is 1. The Labute approximate surface area is 98.9 Å². The summed E-state index contributed by atoms with van der Waals surface area (Å²) in [6.45, 7) is 3.54. The van der Waals surface area contributed by atoms with Gasteiger partial charge >= 0.3 is 0 Å². The second-order valence-electron chi connectivity index (χ2n) is 3.98. The minimum atomic E-state index is -4.34. The molecule has 0 fully saturated rings. The Morgan fingerprint density at radius 3 is 2.47 bits per heavy atom. The number of amides is 1. The predicted molar refractivity (Wildman–Crippen MR) is 63.2 cm³/mol. The Kier molecular flexibility index (Phi) is 2.56. The van der Waals surface area contributed by atoms with Crippen LogP contribution in [-0.4, -0.2) is 18.9 Å². The summed E-state index contributed by atoms with van der Waals surface area (Å²) in [6, 6.07) is 4.39. The molecule has 90 valence electrons. The lowest BCUT2D eigenvalue weighted by atomic mass is 10.0. The van der Waals surface area contributed by atoms with E-state index in [-0.39, 0.29) is 16.5 Å². The van der Waals surface area contributed by atoms with Gasteiger partial charge in [-0.25, -0.2) is 0 Å². The van der Waals surface area contributed by atoms with Crippen molar-refractivity contribution in [3.63, 3.8) is 0 Å². The largest absolute Gasteiger partial charge is 0.320 e. The van der Waals surface area contributed by atoms with Crippen molar-refractivity contribution in [1.29, 1.82) is 0 Å². The number of allylic oxidation sites excluding steroid dienone is 1. The number of fused-ring (bicyclic) bond motifs is 1. The SMILES string of the molecule is CC(C)=C1C(=O)Nc2c1cccc2S(=O)(=O)O. The van der Waals surface area contributed by atoms with Gasteiger partial charge in [0, 0.05) is 11.1 Å². The minimum absolute atomic E-state index is 0.149. The molecule has 0 saturated carbocycles. The van der Waals surface area contributed by atoms with Crippen LogP contribution in [0.5, 0.6) is 0 Å². The Bertz CT molecular complexity index is 639. The zero-order valence-corrected chi connectivity index (χ0v) is 10.1. The number of anilines is 1. The first-order chi connectivity index (χ1) is 7.82. The number of hydrogen-bond donors (Lipinski definition) is 2. The molecule has 0 aromatic heterocycles. The fourth-order valence-electron chi connectivity index (χ4n) is 1.88. The predicted octanol–water partition coefficient (Wildman–Crippen LogP) is 1.68. The van der Waals surface area contributed by atoms with Crippen LogP contribution in [0.3, 0.4) is 0 Å². The van der Waals surface area contributed by atoms with Crippen LogP contribution < -0.4 is 5.32 Å². The Balaban J connectivity index is 2.79. The second kappa shape index (κ2) is 3.68. The van der Waals surface area contributed by atoms with E-state index in [1.807, 2.05) is 0 Å². The van der Waals surface area contributed by atoms with Gasteiger partial charge in [0.15, 0.2) is 0 Å². The molecule has 2 rings (SSSR count). The third-order valence-electron chi connectivity index (χ3n) is 2.54. The topological polar surface area (TPSA) is 83.5 Å². The van der Waals surface area contributed by atoms with Crippen molar-refractivity contribution < 1.29 is 17.8 Å². The summed E-state index contributed by atoms with van der Waals surface area (Å²) in [5.41, 5.74) is 1.89. The quantitative estimate of drug-likeness (QED) is 0.589. The number of carbonyl (C=O) groups is 1.